The van der Waals surface area contributed by atoms with Crippen LogP contribution in [0.3, 0.4) is 0 Å². The van der Waals surface area contributed by atoms with Crippen molar-refractivity contribution in [1.29, 1.82) is 0 Å². The van der Waals surface area contributed by atoms with Gasteiger partial charge < -0.3 is 10.4 Å². The van der Waals surface area contributed by atoms with Gasteiger partial charge in [-0.25, -0.2) is 24.3 Å². The Morgan fingerprint density at radius 3 is 2.50 bits per heavy atom. The molecule has 150 valence electrons. The number of benzene rings is 2. The van der Waals surface area contributed by atoms with E-state index in [0.29, 0.717) is 28.6 Å². The van der Waals surface area contributed by atoms with E-state index >= 15 is 0 Å². The molecule has 0 aliphatic carbocycles. The second kappa shape index (κ2) is 8.52. The summed E-state index contributed by atoms with van der Waals surface area (Å²) < 4.78 is 14.6. The number of aromatic nitrogens is 4. The zero-order valence-corrected chi connectivity index (χ0v) is 16.7. The first-order valence-corrected chi connectivity index (χ1v) is 9.50. The number of aliphatic hydroxyl groups excluding tert-OH is 1. The molecule has 0 aliphatic heterocycles. The second-order valence-corrected chi connectivity index (χ2v) is 6.93. The third kappa shape index (κ3) is 4.12. The minimum absolute atomic E-state index is 0.00133. The van der Waals surface area contributed by atoms with E-state index in [2.05, 4.69) is 25.3 Å². The first-order valence-electron chi connectivity index (χ1n) is 9.13. The monoisotopic (exact) mass is 421 g/mol. The lowest BCUT2D eigenvalue weighted by Gasteiger charge is -2.18. The molecule has 0 amide bonds. The SMILES string of the molecule is Cc1ncc(NC(O)c2cc(-c3ncccn3)c(Cl)cc2F)c(-c2ccccc2)n1. The van der Waals surface area contributed by atoms with Gasteiger partial charge in [-0.05, 0) is 25.1 Å². The van der Waals surface area contributed by atoms with Gasteiger partial charge in [0.15, 0.2) is 12.1 Å². The fourth-order valence-corrected chi connectivity index (χ4v) is 3.24. The standard InChI is InChI=1S/C22H17ClFN5O/c1-13-27-12-19(20(28-13)14-6-3-2-4-7-14)29-22(30)16-10-15(17(23)11-18(16)24)21-25-8-5-9-26-21/h2-12,22,29-30H,1H3. The Bertz CT molecular complexity index is 1180. The van der Waals surface area contributed by atoms with Crippen molar-refractivity contribution < 1.29 is 9.50 Å². The van der Waals surface area contributed by atoms with Crippen molar-refractivity contribution in [3.8, 4) is 22.6 Å². The Balaban J connectivity index is 1.71. The molecule has 0 spiro atoms. The van der Waals surface area contributed by atoms with E-state index in [4.69, 9.17) is 11.6 Å². The Labute approximate surface area is 177 Å². The molecule has 0 aliphatic rings. The van der Waals surface area contributed by atoms with Crippen molar-refractivity contribution in [3.05, 3.63) is 89.3 Å². The molecule has 2 heterocycles. The first kappa shape index (κ1) is 19.9. The summed E-state index contributed by atoms with van der Waals surface area (Å²) in [4.78, 5) is 17.0. The average Bonchev–Trinajstić information content (AvgIpc) is 2.76. The van der Waals surface area contributed by atoms with E-state index < -0.39 is 12.0 Å². The second-order valence-electron chi connectivity index (χ2n) is 6.52. The van der Waals surface area contributed by atoms with Crippen LogP contribution in [0, 0.1) is 12.7 Å². The molecule has 2 N–H and O–H groups in total. The number of anilines is 1. The van der Waals surface area contributed by atoms with Crippen molar-refractivity contribution in [2.24, 2.45) is 0 Å². The van der Waals surface area contributed by atoms with Gasteiger partial charge >= 0.3 is 0 Å². The van der Waals surface area contributed by atoms with E-state index in [9.17, 15) is 9.50 Å². The molecular weight excluding hydrogens is 405 g/mol. The van der Waals surface area contributed by atoms with Gasteiger partial charge in [-0.3, -0.25) is 0 Å². The maximum atomic E-state index is 14.6. The predicted molar refractivity (Wildman–Crippen MR) is 113 cm³/mol. The number of halogens is 2. The summed E-state index contributed by atoms with van der Waals surface area (Å²) in [6, 6.07) is 13.7. The number of nitrogens with zero attached hydrogens (tertiary/aromatic N) is 4. The van der Waals surface area contributed by atoms with Gasteiger partial charge in [-0.2, -0.15) is 0 Å². The van der Waals surface area contributed by atoms with Gasteiger partial charge in [-0.15, -0.1) is 0 Å². The van der Waals surface area contributed by atoms with Crippen LogP contribution in [-0.2, 0) is 0 Å². The highest BCUT2D eigenvalue weighted by Crippen LogP contribution is 2.33. The predicted octanol–water partition coefficient (Wildman–Crippen LogP) is 4.80. The lowest BCUT2D eigenvalue weighted by atomic mass is 10.1. The number of hydrogen-bond donors (Lipinski definition) is 2. The molecule has 2 aromatic carbocycles. The summed E-state index contributed by atoms with van der Waals surface area (Å²) in [6.07, 6.45) is 3.31. The summed E-state index contributed by atoms with van der Waals surface area (Å²) in [5.41, 5.74) is 2.32. The molecule has 4 aromatic rings. The molecule has 1 unspecified atom stereocenters. The summed E-state index contributed by atoms with van der Waals surface area (Å²) in [5, 5.41) is 13.8. The molecular formula is C22H17ClFN5O. The Morgan fingerprint density at radius 1 is 1.03 bits per heavy atom. The van der Waals surface area contributed by atoms with E-state index in [0.717, 1.165) is 11.6 Å². The van der Waals surface area contributed by atoms with E-state index in [-0.39, 0.29) is 10.6 Å². The minimum Gasteiger partial charge on any atom is -0.369 e. The highest BCUT2D eigenvalue weighted by atomic mass is 35.5. The van der Waals surface area contributed by atoms with Crippen LogP contribution in [0.4, 0.5) is 10.1 Å². The number of aryl methyl sites for hydroxylation is 1. The molecule has 4 rings (SSSR count). The third-order valence-electron chi connectivity index (χ3n) is 4.44. The van der Waals surface area contributed by atoms with Crippen LogP contribution >= 0.6 is 11.6 Å². The van der Waals surface area contributed by atoms with Crippen LogP contribution in [0.15, 0.2) is 67.1 Å². The summed E-state index contributed by atoms with van der Waals surface area (Å²) in [5.74, 6) is 0.253. The zero-order chi connectivity index (χ0) is 21.1. The minimum atomic E-state index is -1.38. The van der Waals surface area contributed by atoms with Crippen LogP contribution in [0.2, 0.25) is 5.02 Å². The van der Waals surface area contributed by atoms with E-state index in [1.807, 2.05) is 30.3 Å². The summed E-state index contributed by atoms with van der Waals surface area (Å²) in [6.45, 7) is 1.78. The topological polar surface area (TPSA) is 83.8 Å². The van der Waals surface area contributed by atoms with Crippen molar-refractivity contribution in [1.82, 2.24) is 19.9 Å². The number of nitrogens with one attached hydrogen (secondary N) is 1. The maximum absolute atomic E-state index is 14.6. The van der Waals surface area contributed by atoms with Crippen LogP contribution in [0.25, 0.3) is 22.6 Å². The molecule has 0 saturated heterocycles. The fourth-order valence-electron chi connectivity index (χ4n) is 3.00. The van der Waals surface area contributed by atoms with Crippen LogP contribution in [0.5, 0.6) is 0 Å². The van der Waals surface area contributed by atoms with Gasteiger partial charge in [-0.1, -0.05) is 41.9 Å². The molecule has 0 saturated carbocycles. The van der Waals surface area contributed by atoms with Gasteiger partial charge in [0.05, 0.1) is 22.6 Å². The number of rotatable bonds is 5. The summed E-state index contributed by atoms with van der Waals surface area (Å²) in [7, 11) is 0. The highest BCUT2D eigenvalue weighted by Gasteiger charge is 2.20. The Morgan fingerprint density at radius 2 is 1.77 bits per heavy atom. The molecule has 30 heavy (non-hydrogen) atoms. The molecule has 0 fully saturated rings. The summed E-state index contributed by atoms with van der Waals surface area (Å²) >= 11 is 6.18. The third-order valence-corrected chi connectivity index (χ3v) is 4.75. The Kier molecular flexibility index (Phi) is 5.65. The molecule has 0 radical (unpaired) electrons. The van der Waals surface area contributed by atoms with Crippen molar-refractivity contribution in [3.63, 3.8) is 0 Å². The van der Waals surface area contributed by atoms with Crippen LogP contribution < -0.4 is 5.32 Å². The normalized spacial score (nSPS) is 11.9. The molecule has 6 nitrogen and oxygen atoms in total. The smallest absolute Gasteiger partial charge is 0.160 e. The van der Waals surface area contributed by atoms with Crippen molar-refractivity contribution in [2.75, 3.05) is 5.32 Å². The van der Waals surface area contributed by atoms with Gasteiger partial charge in [0, 0.05) is 29.1 Å². The quantitative estimate of drug-likeness (QED) is 0.450. The molecule has 1 atom stereocenters. The van der Waals surface area contributed by atoms with Crippen molar-refractivity contribution >= 4 is 17.3 Å². The molecule has 2 aromatic heterocycles. The highest BCUT2D eigenvalue weighted by molar-refractivity contribution is 6.33. The van der Waals surface area contributed by atoms with Gasteiger partial charge in [0.2, 0.25) is 0 Å². The molecule has 8 heteroatoms. The van der Waals surface area contributed by atoms with E-state index in [1.165, 1.54) is 6.07 Å². The number of aliphatic hydroxyl groups is 1. The number of hydrogen-bond acceptors (Lipinski definition) is 6. The zero-order valence-electron chi connectivity index (χ0n) is 15.9. The largest absolute Gasteiger partial charge is 0.369 e. The van der Waals surface area contributed by atoms with Crippen molar-refractivity contribution in [2.45, 2.75) is 13.2 Å². The van der Waals surface area contributed by atoms with Gasteiger partial charge in [0.25, 0.3) is 0 Å². The van der Waals surface area contributed by atoms with Crippen LogP contribution in [-0.4, -0.2) is 25.0 Å². The van der Waals surface area contributed by atoms with Gasteiger partial charge in [0.1, 0.15) is 11.6 Å². The molecule has 0 bridgehead atoms. The Hall–Kier alpha value is -3.42. The first-order chi connectivity index (χ1) is 14.5. The lowest BCUT2D eigenvalue weighted by molar-refractivity contribution is 0.203. The average molecular weight is 422 g/mol. The fraction of sp³-hybridized carbons (Fsp3) is 0.0909. The van der Waals surface area contributed by atoms with Crippen LogP contribution in [0.1, 0.15) is 17.6 Å². The van der Waals surface area contributed by atoms with E-state index in [1.54, 1.807) is 31.6 Å². The maximum Gasteiger partial charge on any atom is 0.160 e. The lowest BCUT2D eigenvalue weighted by Crippen LogP contribution is -2.14.